The number of carbonyl (C=O) groups is 1. The van der Waals surface area contributed by atoms with Crippen LogP contribution in [0.3, 0.4) is 0 Å². The fraction of sp³-hybridized carbons (Fsp3) is 0.462. The first-order valence-electron chi connectivity index (χ1n) is 5.99. The Hall–Kier alpha value is -1.26. The molecule has 3 N–H and O–H groups in total. The van der Waals surface area contributed by atoms with Gasteiger partial charge in [-0.1, -0.05) is 11.6 Å². The summed E-state index contributed by atoms with van der Waals surface area (Å²) in [6.07, 6.45) is 0. The van der Waals surface area contributed by atoms with Gasteiger partial charge in [0, 0.05) is 30.7 Å². The molecular weight excluding hydrogens is 250 g/mol. The van der Waals surface area contributed by atoms with Crippen molar-refractivity contribution >= 4 is 23.2 Å². The second kappa shape index (κ2) is 4.78. The number of nitrogens with one attached hydrogen (secondary N) is 1. The Balaban J connectivity index is 2.36. The van der Waals surface area contributed by atoms with Crippen LogP contribution in [0.4, 0.5) is 5.69 Å². The maximum absolute atomic E-state index is 11.1. The molecule has 1 aliphatic rings. The Morgan fingerprint density at radius 1 is 1.50 bits per heavy atom. The molecule has 0 spiro atoms. The largest absolute Gasteiger partial charge is 0.366 e. The summed E-state index contributed by atoms with van der Waals surface area (Å²) in [5, 5.41) is 3.94. The normalized spacial score (nSPS) is 18.7. The van der Waals surface area contributed by atoms with Crippen molar-refractivity contribution in [3.63, 3.8) is 0 Å². The van der Waals surface area contributed by atoms with Crippen molar-refractivity contribution in [1.29, 1.82) is 0 Å². The zero-order chi connectivity index (χ0) is 13.3. The van der Waals surface area contributed by atoms with E-state index in [4.69, 9.17) is 17.3 Å². The summed E-state index contributed by atoms with van der Waals surface area (Å²) >= 11 is 6.26. The third kappa shape index (κ3) is 2.44. The molecule has 1 saturated heterocycles. The molecule has 2 rings (SSSR count). The van der Waals surface area contributed by atoms with E-state index in [9.17, 15) is 4.79 Å². The van der Waals surface area contributed by atoms with Crippen LogP contribution in [0.25, 0.3) is 0 Å². The van der Waals surface area contributed by atoms with E-state index in [0.29, 0.717) is 10.6 Å². The maximum Gasteiger partial charge on any atom is 0.248 e. The van der Waals surface area contributed by atoms with Crippen LogP contribution in [0.5, 0.6) is 0 Å². The molecule has 5 heteroatoms. The smallest absolute Gasteiger partial charge is 0.248 e. The van der Waals surface area contributed by atoms with Gasteiger partial charge in [0.15, 0.2) is 0 Å². The van der Waals surface area contributed by atoms with Crippen molar-refractivity contribution in [1.82, 2.24) is 5.32 Å². The monoisotopic (exact) mass is 267 g/mol. The summed E-state index contributed by atoms with van der Waals surface area (Å²) in [5.41, 5.74) is 6.63. The number of rotatable bonds is 2. The lowest BCUT2D eigenvalue weighted by molar-refractivity contribution is 0.100. The van der Waals surface area contributed by atoms with E-state index in [0.717, 1.165) is 25.3 Å². The number of halogens is 1. The van der Waals surface area contributed by atoms with Gasteiger partial charge in [-0.25, -0.2) is 0 Å². The molecule has 1 aliphatic heterocycles. The van der Waals surface area contributed by atoms with Crippen LogP contribution in [0.2, 0.25) is 5.02 Å². The number of primary amides is 1. The van der Waals surface area contributed by atoms with Gasteiger partial charge in [0.25, 0.3) is 0 Å². The minimum atomic E-state index is -0.456. The molecule has 4 nitrogen and oxygen atoms in total. The third-order valence-electron chi connectivity index (χ3n) is 3.32. The number of nitrogens with two attached hydrogens (primary N) is 1. The van der Waals surface area contributed by atoms with Crippen LogP contribution >= 0.6 is 11.6 Å². The molecule has 0 unspecified atom stereocenters. The molecule has 1 heterocycles. The molecule has 0 aromatic heterocycles. The van der Waals surface area contributed by atoms with E-state index in [1.54, 1.807) is 12.1 Å². The second-order valence-corrected chi connectivity index (χ2v) is 5.58. The molecule has 1 aromatic rings. The van der Waals surface area contributed by atoms with E-state index in [1.165, 1.54) is 0 Å². The lowest BCUT2D eigenvalue weighted by atomic mass is 9.99. The molecule has 0 radical (unpaired) electrons. The summed E-state index contributed by atoms with van der Waals surface area (Å²) in [5.74, 6) is -0.456. The molecule has 0 saturated carbocycles. The van der Waals surface area contributed by atoms with Crippen LogP contribution in [0.1, 0.15) is 24.2 Å². The van der Waals surface area contributed by atoms with Crippen LogP contribution in [-0.4, -0.2) is 31.1 Å². The highest BCUT2D eigenvalue weighted by Gasteiger charge is 2.30. The number of carbonyl (C=O) groups excluding carboxylic acids is 1. The van der Waals surface area contributed by atoms with Gasteiger partial charge in [0.2, 0.25) is 5.91 Å². The number of hydrogen-bond acceptors (Lipinski definition) is 3. The highest BCUT2D eigenvalue weighted by molar-refractivity contribution is 6.33. The summed E-state index contributed by atoms with van der Waals surface area (Å²) in [6.45, 7) is 7.05. The summed E-state index contributed by atoms with van der Waals surface area (Å²) in [6, 6.07) is 5.23. The first kappa shape index (κ1) is 13.2. The van der Waals surface area contributed by atoms with Gasteiger partial charge in [0.05, 0.1) is 10.7 Å². The number of amides is 1. The second-order valence-electron chi connectivity index (χ2n) is 5.17. The van der Waals surface area contributed by atoms with Crippen LogP contribution in [0, 0.1) is 0 Å². The van der Waals surface area contributed by atoms with Gasteiger partial charge in [-0.05, 0) is 32.0 Å². The van der Waals surface area contributed by atoms with Gasteiger partial charge >= 0.3 is 0 Å². The predicted molar refractivity (Wildman–Crippen MR) is 74.3 cm³/mol. The fourth-order valence-electron chi connectivity index (χ4n) is 2.31. The first-order valence-corrected chi connectivity index (χ1v) is 6.37. The van der Waals surface area contributed by atoms with E-state index < -0.39 is 5.91 Å². The van der Waals surface area contributed by atoms with Crippen molar-refractivity contribution in [2.24, 2.45) is 5.73 Å². The van der Waals surface area contributed by atoms with Gasteiger partial charge in [-0.3, -0.25) is 4.79 Å². The Morgan fingerprint density at radius 2 is 2.22 bits per heavy atom. The van der Waals surface area contributed by atoms with E-state index >= 15 is 0 Å². The van der Waals surface area contributed by atoms with Crippen molar-refractivity contribution < 1.29 is 4.79 Å². The van der Waals surface area contributed by atoms with Gasteiger partial charge in [-0.2, -0.15) is 0 Å². The zero-order valence-corrected chi connectivity index (χ0v) is 11.4. The topological polar surface area (TPSA) is 58.4 Å². The number of hydrogen-bond donors (Lipinski definition) is 2. The molecular formula is C13H18ClN3O. The summed E-state index contributed by atoms with van der Waals surface area (Å²) in [4.78, 5) is 13.4. The number of anilines is 1. The molecule has 0 atom stereocenters. The van der Waals surface area contributed by atoms with Crippen LogP contribution in [0.15, 0.2) is 18.2 Å². The summed E-state index contributed by atoms with van der Waals surface area (Å²) < 4.78 is 0. The number of benzene rings is 1. The van der Waals surface area contributed by atoms with Crippen molar-refractivity contribution in [2.45, 2.75) is 19.4 Å². The Kier molecular flexibility index (Phi) is 3.50. The molecule has 1 amide bonds. The lowest BCUT2D eigenvalue weighted by Gasteiger charge is -2.44. The average Bonchev–Trinajstić information content (AvgIpc) is 2.29. The fourth-order valence-corrected chi connectivity index (χ4v) is 2.59. The standard InChI is InChI=1S/C13H18ClN3O/c1-13(2)8-16-5-6-17(13)11-4-3-9(12(15)18)7-10(11)14/h3-4,7,16H,5-6,8H2,1-2H3,(H2,15,18). The Morgan fingerprint density at radius 3 is 2.78 bits per heavy atom. The molecule has 18 heavy (non-hydrogen) atoms. The summed E-state index contributed by atoms with van der Waals surface area (Å²) in [7, 11) is 0. The van der Waals surface area contributed by atoms with Crippen molar-refractivity contribution in [3.05, 3.63) is 28.8 Å². The minimum Gasteiger partial charge on any atom is -0.366 e. The van der Waals surface area contributed by atoms with Crippen molar-refractivity contribution in [3.8, 4) is 0 Å². The van der Waals surface area contributed by atoms with Gasteiger partial charge in [0.1, 0.15) is 0 Å². The molecule has 0 aliphatic carbocycles. The van der Waals surface area contributed by atoms with Gasteiger partial charge in [-0.15, -0.1) is 0 Å². The average molecular weight is 268 g/mol. The minimum absolute atomic E-state index is 0.00384. The molecule has 1 fully saturated rings. The van der Waals surface area contributed by atoms with E-state index in [2.05, 4.69) is 24.1 Å². The Labute approximate surface area is 112 Å². The quantitative estimate of drug-likeness (QED) is 0.856. The van der Waals surface area contributed by atoms with Crippen molar-refractivity contribution in [2.75, 3.05) is 24.5 Å². The van der Waals surface area contributed by atoms with E-state index in [-0.39, 0.29) is 5.54 Å². The maximum atomic E-state index is 11.1. The molecule has 0 bridgehead atoms. The lowest BCUT2D eigenvalue weighted by Crippen LogP contribution is -2.58. The van der Waals surface area contributed by atoms with Gasteiger partial charge < -0.3 is 16.0 Å². The van der Waals surface area contributed by atoms with Crippen LogP contribution < -0.4 is 16.0 Å². The molecule has 1 aromatic carbocycles. The highest BCUT2D eigenvalue weighted by Crippen LogP contribution is 2.32. The number of piperazine rings is 1. The number of nitrogens with zero attached hydrogens (tertiary/aromatic N) is 1. The Bertz CT molecular complexity index is 473. The van der Waals surface area contributed by atoms with E-state index in [1.807, 2.05) is 6.07 Å². The zero-order valence-electron chi connectivity index (χ0n) is 10.7. The molecule has 98 valence electrons. The predicted octanol–water partition coefficient (Wildman–Crippen LogP) is 1.63. The highest BCUT2D eigenvalue weighted by atomic mass is 35.5. The third-order valence-corrected chi connectivity index (χ3v) is 3.63. The van der Waals surface area contributed by atoms with Crippen LogP contribution in [-0.2, 0) is 0 Å². The SMILES string of the molecule is CC1(C)CNCCN1c1ccc(C(N)=O)cc1Cl. The first-order chi connectivity index (χ1) is 8.42.